The molecule has 0 aliphatic rings. The van der Waals surface area contributed by atoms with Gasteiger partial charge in [-0.2, -0.15) is 0 Å². The van der Waals surface area contributed by atoms with Crippen LogP contribution in [0, 0.1) is 0 Å². The number of carbonyl (C=O) groups is 1. The molecule has 0 atom stereocenters. The van der Waals surface area contributed by atoms with Gasteiger partial charge in [-0.05, 0) is 23.8 Å². The van der Waals surface area contributed by atoms with Crippen molar-refractivity contribution >= 4 is 17.7 Å². The normalized spacial score (nSPS) is 9.29. The molecule has 0 heterocycles. The van der Waals surface area contributed by atoms with Gasteiger partial charge in [0.15, 0.2) is 0 Å². The Bertz CT molecular complexity index is 358. The summed E-state index contributed by atoms with van der Waals surface area (Å²) in [5, 5.41) is 3.01. The number of benzene rings is 1. The number of nitrogens with one attached hydrogen (secondary N) is 1. The van der Waals surface area contributed by atoms with Crippen molar-refractivity contribution in [1.82, 2.24) is 0 Å². The molecule has 0 spiro atoms. The lowest BCUT2D eigenvalue weighted by Gasteiger charge is -2.06. The summed E-state index contributed by atoms with van der Waals surface area (Å²) >= 11 is 0. The minimum Gasteiger partial charge on any atom is -0.465 e. The standard InChI is InChI=1S/C11H13NO2/c1-4-8-7-9(11(13)14-3)5-6-10(8)12-2/h4-7,12H,1H2,2-3H3. The molecule has 0 fully saturated rings. The Labute approximate surface area is 83.4 Å². The molecule has 0 radical (unpaired) electrons. The van der Waals surface area contributed by atoms with Crippen LogP contribution in [0.1, 0.15) is 15.9 Å². The Balaban J connectivity index is 3.13. The molecule has 74 valence electrons. The molecule has 0 aliphatic heterocycles. The highest BCUT2D eigenvalue weighted by Crippen LogP contribution is 2.18. The highest BCUT2D eigenvalue weighted by atomic mass is 16.5. The highest BCUT2D eigenvalue weighted by molar-refractivity contribution is 5.91. The fourth-order valence-electron chi connectivity index (χ4n) is 1.20. The molecule has 1 N–H and O–H groups in total. The Morgan fingerprint density at radius 2 is 2.29 bits per heavy atom. The Morgan fingerprint density at radius 3 is 2.79 bits per heavy atom. The number of hydrogen-bond acceptors (Lipinski definition) is 3. The molecule has 0 aromatic heterocycles. The van der Waals surface area contributed by atoms with Crippen molar-refractivity contribution in [1.29, 1.82) is 0 Å². The molecule has 0 saturated heterocycles. The summed E-state index contributed by atoms with van der Waals surface area (Å²) in [6.45, 7) is 3.67. The lowest BCUT2D eigenvalue weighted by Crippen LogP contribution is -2.02. The Kier molecular flexibility index (Phi) is 3.29. The van der Waals surface area contributed by atoms with Gasteiger partial charge in [-0.1, -0.05) is 12.7 Å². The predicted octanol–water partition coefficient (Wildman–Crippen LogP) is 2.16. The second-order valence-electron chi connectivity index (χ2n) is 2.75. The van der Waals surface area contributed by atoms with Crippen LogP contribution in [0.4, 0.5) is 5.69 Å². The predicted molar refractivity (Wildman–Crippen MR) is 57.4 cm³/mol. The van der Waals surface area contributed by atoms with Crippen molar-refractivity contribution in [3.05, 3.63) is 35.9 Å². The van der Waals surface area contributed by atoms with E-state index in [-0.39, 0.29) is 5.97 Å². The molecular weight excluding hydrogens is 178 g/mol. The third-order valence-corrected chi connectivity index (χ3v) is 1.96. The molecular formula is C11H13NO2. The summed E-state index contributed by atoms with van der Waals surface area (Å²) in [7, 11) is 3.18. The fourth-order valence-corrected chi connectivity index (χ4v) is 1.20. The smallest absolute Gasteiger partial charge is 0.337 e. The van der Waals surface area contributed by atoms with E-state index in [0.29, 0.717) is 5.56 Å². The quantitative estimate of drug-likeness (QED) is 0.744. The van der Waals surface area contributed by atoms with E-state index in [2.05, 4.69) is 16.6 Å². The van der Waals surface area contributed by atoms with Gasteiger partial charge in [0, 0.05) is 12.7 Å². The van der Waals surface area contributed by atoms with Crippen LogP contribution in [-0.4, -0.2) is 20.1 Å². The Hall–Kier alpha value is -1.77. The highest BCUT2D eigenvalue weighted by Gasteiger charge is 2.06. The molecule has 0 aliphatic carbocycles. The van der Waals surface area contributed by atoms with Crippen molar-refractivity contribution in [2.45, 2.75) is 0 Å². The molecule has 0 unspecified atom stereocenters. The van der Waals surface area contributed by atoms with Crippen LogP contribution < -0.4 is 5.32 Å². The molecule has 14 heavy (non-hydrogen) atoms. The summed E-state index contributed by atoms with van der Waals surface area (Å²) in [6.07, 6.45) is 1.69. The lowest BCUT2D eigenvalue weighted by atomic mass is 10.1. The minimum atomic E-state index is -0.337. The van der Waals surface area contributed by atoms with E-state index in [4.69, 9.17) is 0 Å². The summed E-state index contributed by atoms with van der Waals surface area (Å²) in [4.78, 5) is 11.2. The van der Waals surface area contributed by atoms with Gasteiger partial charge < -0.3 is 10.1 Å². The zero-order valence-corrected chi connectivity index (χ0v) is 8.33. The minimum absolute atomic E-state index is 0.337. The first-order chi connectivity index (χ1) is 6.72. The SMILES string of the molecule is C=Cc1cc(C(=O)OC)ccc1NC. The van der Waals surface area contributed by atoms with E-state index in [1.165, 1.54) is 7.11 Å². The van der Waals surface area contributed by atoms with Gasteiger partial charge in [0.05, 0.1) is 12.7 Å². The molecule has 3 nitrogen and oxygen atoms in total. The van der Waals surface area contributed by atoms with Crippen LogP contribution in [0.5, 0.6) is 0 Å². The topological polar surface area (TPSA) is 38.3 Å². The number of anilines is 1. The molecule has 0 saturated carbocycles. The summed E-state index contributed by atoms with van der Waals surface area (Å²) < 4.78 is 4.62. The maximum absolute atomic E-state index is 11.2. The van der Waals surface area contributed by atoms with Gasteiger partial charge in [-0.15, -0.1) is 0 Å². The van der Waals surface area contributed by atoms with E-state index in [0.717, 1.165) is 11.3 Å². The van der Waals surface area contributed by atoms with Crippen LogP contribution in [0.25, 0.3) is 6.08 Å². The summed E-state index contributed by atoms with van der Waals surface area (Å²) in [5.74, 6) is -0.337. The third-order valence-electron chi connectivity index (χ3n) is 1.96. The molecule has 1 aromatic rings. The zero-order valence-electron chi connectivity index (χ0n) is 8.33. The van der Waals surface area contributed by atoms with E-state index < -0.39 is 0 Å². The van der Waals surface area contributed by atoms with Crippen LogP contribution >= 0.6 is 0 Å². The van der Waals surface area contributed by atoms with Crippen molar-refractivity contribution in [3.63, 3.8) is 0 Å². The largest absolute Gasteiger partial charge is 0.465 e. The van der Waals surface area contributed by atoms with Gasteiger partial charge in [-0.25, -0.2) is 4.79 Å². The van der Waals surface area contributed by atoms with Gasteiger partial charge in [0.2, 0.25) is 0 Å². The van der Waals surface area contributed by atoms with E-state index in [1.54, 1.807) is 18.2 Å². The Morgan fingerprint density at radius 1 is 1.57 bits per heavy atom. The molecule has 0 amide bonds. The zero-order chi connectivity index (χ0) is 10.6. The first-order valence-electron chi connectivity index (χ1n) is 4.25. The van der Waals surface area contributed by atoms with Gasteiger partial charge in [0.25, 0.3) is 0 Å². The maximum Gasteiger partial charge on any atom is 0.337 e. The van der Waals surface area contributed by atoms with Crippen molar-refractivity contribution < 1.29 is 9.53 Å². The molecule has 0 bridgehead atoms. The first kappa shape index (κ1) is 10.3. The second-order valence-corrected chi connectivity index (χ2v) is 2.75. The van der Waals surface area contributed by atoms with Gasteiger partial charge >= 0.3 is 5.97 Å². The second kappa shape index (κ2) is 4.46. The number of hydrogen-bond donors (Lipinski definition) is 1. The third kappa shape index (κ3) is 1.93. The summed E-state index contributed by atoms with van der Waals surface area (Å²) in [5.41, 5.74) is 2.35. The molecule has 1 aromatic carbocycles. The van der Waals surface area contributed by atoms with Crippen molar-refractivity contribution in [2.24, 2.45) is 0 Å². The fraction of sp³-hybridized carbons (Fsp3) is 0.182. The first-order valence-corrected chi connectivity index (χ1v) is 4.25. The number of rotatable bonds is 3. The van der Waals surface area contributed by atoms with Gasteiger partial charge in [-0.3, -0.25) is 0 Å². The van der Waals surface area contributed by atoms with Gasteiger partial charge in [0.1, 0.15) is 0 Å². The van der Waals surface area contributed by atoms with Crippen LogP contribution in [0.15, 0.2) is 24.8 Å². The van der Waals surface area contributed by atoms with Crippen molar-refractivity contribution in [3.8, 4) is 0 Å². The van der Waals surface area contributed by atoms with Crippen LogP contribution in [0.3, 0.4) is 0 Å². The van der Waals surface area contributed by atoms with Crippen LogP contribution in [-0.2, 0) is 4.74 Å². The number of esters is 1. The maximum atomic E-state index is 11.2. The van der Waals surface area contributed by atoms with Crippen molar-refractivity contribution in [2.75, 3.05) is 19.5 Å². The average molecular weight is 191 g/mol. The van der Waals surface area contributed by atoms with E-state index in [9.17, 15) is 4.79 Å². The number of methoxy groups -OCH3 is 1. The monoisotopic (exact) mass is 191 g/mol. The molecule has 1 rings (SSSR count). The molecule has 3 heteroatoms. The van der Waals surface area contributed by atoms with E-state index in [1.807, 2.05) is 13.1 Å². The number of ether oxygens (including phenoxy) is 1. The average Bonchev–Trinajstić information content (AvgIpc) is 2.26. The number of carbonyl (C=O) groups excluding carboxylic acids is 1. The van der Waals surface area contributed by atoms with Crippen LogP contribution in [0.2, 0.25) is 0 Å². The lowest BCUT2D eigenvalue weighted by molar-refractivity contribution is 0.0601. The summed E-state index contributed by atoms with van der Waals surface area (Å²) in [6, 6.07) is 5.28. The van der Waals surface area contributed by atoms with E-state index >= 15 is 0 Å².